The number of aryl methyl sites for hydroxylation is 1. The summed E-state index contributed by atoms with van der Waals surface area (Å²) in [7, 11) is 0. The van der Waals surface area contributed by atoms with E-state index in [1.54, 1.807) is 0 Å². The molecule has 2 aliphatic rings. The average molecular weight is 331 g/mol. The first-order chi connectivity index (χ1) is 9.58. The molecule has 3 N–H and O–H groups in total. The molecule has 1 aromatic rings. The first kappa shape index (κ1) is 16.6. The second kappa shape index (κ2) is 6.53. The van der Waals surface area contributed by atoms with Crippen LogP contribution in [-0.4, -0.2) is 24.7 Å². The molecule has 1 fully saturated rings. The van der Waals surface area contributed by atoms with Crippen LogP contribution < -0.4 is 11.1 Å². The number of benzene rings is 1. The second-order valence-electron chi connectivity index (χ2n) is 5.68. The predicted molar refractivity (Wildman–Crippen MR) is 84.9 cm³/mol. The van der Waals surface area contributed by atoms with Crippen molar-refractivity contribution in [1.29, 1.82) is 0 Å². The molecule has 1 unspecified atom stereocenters. The number of carbonyl (C=O) groups excluding carboxylic acids is 1. The van der Waals surface area contributed by atoms with Crippen molar-refractivity contribution in [2.45, 2.75) is 37.3 Å². The number of rotatable bonds is 2. The van der Waals surface area contributed by atoms with E-state index < -0.39 is 5.54 Å². The lowest BCUT2D eigenvalue weighted by Crippen LogP contribution is -2.57. The van der Waals surface area contributed by atoms with E-state index in [0.29, 0.717) is 26.1 Å². The molecule has 1 heterocycles. The summed E-state index contributed by atoms with van der Waals surface area (Å²) in [6.07, 6.45) is 3.02. The zero-order valence-corrected chi connectivity index (χ0v) is 13.3. The fourth-order valence-electron chi connectivity index (χ4n) is 3.00. The third-order valence-electron chi connectivity index (χ3n) is 4.33. The Morgan fingerprint density at radius 3 is 2.81 bits per heavy atom. The van der Waals surface area contributed by atoms with E-state index in [1.165, 1.54) is 11.1 Å². The zero-order valence-electron chi connectivity index (χ0n) is 11.7. The van der Waals surface area contributed by atoms with Gasteiger partial charge in [0.15, 0.2) is 0 Å². The Morgan fingerprint density at radius 2 is 2.10 bits per heavy atom. The summed E-state index contributed by atoms with van der Waals surface area (Å²) in [6.45, 7) is 1.11. The molecule has 1 aliphatic carbocycles. The number of halogens is 2. The van der Waals surface area contributed by atoms with Gasteiger partial charge >= 0.3 is 0 Å². The Bertz CT molecular complexity index is 530. The van der Waals surface area contributed by atoms with Crippen molar-refractivity contribution in [3.63, 3.8) is 0 Å². The van der Waals surface area contributed by atoms with E-state index in [0.717, 1.165) is 17.9 Å². The van der Waals surface area contributed by atoms with Crippen molar-refractivity contribution >= 4 is 29.9 Å². The Labute approximate surface area is 135 Å². The van der Waals surface area contributed by atoms with Gasteiger partial charge in [0, 0.05) is 18.2 Å². The summed E-state index contributed by atoms with van der Waals surface area (Å²) < 4.78 is 5.28. The smallest absolute Gasteiger partial charge is 0.240 e. The maximum Gasteiger partial charge on any atom is 0.240 e. The van der Waals surface area contributed by atoms with Crippen LogP contribution in [0.15, 0.2) is 18.2 Å². The topological polar surface area (TPSA) is 64.4 Å². The highest BCUT2D eigenvalue weighted by atomic mass is 35.5. The molecule has 0 radical (unpaired) electrons. The number of ether oxygens (including phenoxy) is 1. The molecule has 1 atom stereocenters. The van der Waals surface area contributed by atoms with Gasteiger partial charge in [-0.2, -0.15) is 0 Å². The lowest BCUT2D eigenvalue weighted by atomic mass is 9.90. The molecule has 4 nitrogen and oxygen atoms in total. The van der Waals surface area contributed by atoms with E-state index in [1.807, 2.05) is 18.2 Å². The highest BCUT2D eigenvalue weighted by molar-refractivity contribution is 6.30. The molecule has 21 heavy (non-hydrogen) atoms. The number of hydrogen-bond donors (Lipinski definition) is 2. The van der Waals surface area contributed by atoms with Gasteiger partial charge in [0.25, 0.3) is 0 Å². The highest BCUT2D eigenvalue weighted by Crippen LogP contribution is 2.33. The highest BCUT2D eigenvalue weighted by Gasteiger charge is 2.37. The molecule has 116 valence electrons. The maximum absolute atomic E-state index is 12.4. The van der Waals surface area contributed by atoms with E-state index in [4.69, 9.17) is 22.1 Å². The molecular weight excluding hydrogens is 311 g/mol. The quantitative estimate of drug-likeness (QED) is 0.874. The standard InChI is InChI=1S/C15H19ClN2O2.ClH/c16-11-2-3-12-10(9-11)1-4-13(12)18-14(19)15(17)5-7-20-8-6-15;/h2-3,9,13H,1,4-8,17H2,(H,18,19);1H. The number of hydrogen-bond acceptors (Lipinski definition) is 3. The van der Waals surface area contributed by atoms with Crippen molar-refractivity contribution in [1.82, 2.24) is 5.32 Å². The third kappa shape index (κ3) is 3.34. The van der Waals surface area contributed by atoms with Crippen molar-refractivity contribution < 1.29 is 9.53 Å². The van der Waals surface area contributed by atoms with Gasteiger partial charge < -0.3 is 15.8 Å². The van der Waals surface area contributed by atoms with Crippen LogP contribution >= 0.6 is 24.0 Å². The molecule has 3 rings (SSSR count). The van der Waals surface area contributed by atoms with Gasteiger partial charge in [0.2, 0.25) is 5.91 Å². The normalized spacial score (nSPS) is 23.0. The van der Waals surface area contributed by atoms with Gasteiger partial charge in [-0.3, -0.25) is 4.79 Å². The fraction of sp³-hybridized carbons (Fsp3) is 0.533. The van der Waals surface area contributed by atoms with Crippen molar-refractivity contribution in [2.75, 3.05) is 13.2 Å². The van der Waals surface area contributed by atoms with Crippen LogP contribution in [0.5, 0.6) is 0 Å². The lowest BCUT2D eigenvalue weighted by Gasteiger charge is -2.33. The minimum absolute atomic E-state index is 0. The van der Waals surface area contributed by atoms with E-state index in [-0.39, 0.29) is 24.4 Å². The molecule has 0 saturated carbocycles. The molecule has 0 bridgehead atoms. The van der Waals surface area contributed by atoms with Gasteiger partial charge in [-0.15, -0.1) is 12.4 Å². The van der Waals surface area contributed by atoms with Crippen LogP contribution in [-0.2, 0) is 16.0 Å². The van der Waals surface area contributed by atoms with Gasteiger partial charge in [-0.1, -0.05) is 17.7 Å². The van der Waals surface area contributed by atoms with E-state index in [2.05, 4.69) is 5.32 Å². The summed E-state index contributed by atoms with van der Waals surface area (Å²) in [6, 6.07) is 5.91. The number of amides is 1. The monoisotopic (exact) mass is 330 g/mol. The van der Waals surface area contributed by atoms with Gasteiger partial charge in [0.1, 0.15) is 0 Å². The summed E-state index contributed by atoms with van der Waals surface area (Å²) in [5.41, 5.74) is 7.82. The molecular formula is C15H20Cl2N2O2. The predicted octanol–water partition coefficient (Wildman–Crippen LogP) is 2.37. The summed E-state index contributed by atoms with van der Waals surface area (Å²) in [4.78, 5) is 12.4. The second-order valence-corrected chi connectivity index (χ2v) is 6.11. The van der Waals surface area contributed by atoms with Gasteiger partial charge in [-0.05, 0) is 48.9 Å². The van der Waals surface area contributed by atoms with Crippen LogP contribution in [0, 0.1) is 0 Å². The van der Waals surface area contributed by atoms with Crippen molar-refractivity contribution in [2.24, 2.45) is 5.73 Å². The van der Waals surface area contributed by atoms with Crippen molar-refractivity contribution in [3.8, 4) is 0 Å². The van der Waals surface area contributed by atoms with Crippen molar-refractivity contribution in [3.05, 3.63) is 34.3 Å². The van der Waals surface area contributed by atoms with Crippen LogP contribution in [0.25, 0.3) is 0 Å². The zero-order chi connectivity index (χ0) is 14.2. The fourth-order valence-corrected chi connectivity index (χ4v) is 3.20. The van der Waals surface area contributed by atoms with Gasteiger partial charge in [-0.25, -0.2) is 0 Å². The number of nitrogens with two attached hydrogens (primary N) is 1. The summed E-state index contributed by atoms with van der Waals surface area (Å²) in [5.74, 6) is -0.0615. The Balaban J connectivity index is 0.00000161. The minimum Gasteiger partial charge on any atom is -0.381 e. The summed E-state index contributed by atoms with van der Waals surface area (Å²) in [5, 5.41) is 3.85. The Hall–Kier alpha value is -0.810. The molecule has 1 amide bonds. The molecule has 1 aromatic carbocycles. The average Bonchev–Trinajstić information content (AvgIpc) is 2.82. The van der Waals surface area contributed by atoms with Crippen LogP contribution in [0.2, 0.25) is 5.02 Å². The van der Waals surface area contributed by atoms with Gasteiger partial charge in [0.05, 0.1) is 11.6 Å². The molecule has 0 spiro atoms. The number of fused-ring (bicyclic) bond motifs is 1. The Morgan fingerprint density at radius 1 is 1.38 bits per heavy atom. The molecule has 0 aromatic heterocycles. The molecule has 1 saturated heterocycles. The minimum atomic E-state index is -0.784. The first-order valence-corrected chi connectivity index (χ1v) is 7.42. The number of nitrogens with one attached hydrogen (secondary N) is 1. The first-order valence-electron chi connectivity index (χ1n) is 7.04. The molecule has 1 aliphatic heterocycles. The third-order valence-corrected chi connectivity index (χ3v) is 4.56. The lowest BCUT2D eigenvalue weighted by molar-refractivity contribution is -0.130. The van der Waals surface area contributed by atoms with Crippen LogP contribution in [0.1, 0.15) is 36.4 Å². The SMILES string of the molecule is Cl.NC1(C(=O)NC2CCc3cc(Cl)ccc32)CCOCC1. The maximum atomic E-state index is 12.4. The van der Waals surface area contributed by atoms with Crippen LogP contribution in [0.4, 0.5) is 0 Å². The van der Waals surface area contributed by atoms with E-state index in [9.17, 15) is 4.79 Å². The number of carbonyl (C=O) groups is 1. The Kier molecular flexibility index (Phi) is 5.15. The largest absolute Gasteiger partial charge is 0.381 e. The van der Waals surface area contributed by atoms with Crippen LogP contribution in [0.3, 0.4) is 0 Å². The van der Waals surface area contributed by atoms with E-state index >= 15 is 0 Å². The summed E-state index contributed by atoms with van der Waals surface area (Å²) >= 11 is 6.00. The molecule has 6 heteroatoms.